The second kappa shape index (κ2) is 6.19. The second-order valence-corrected chi connectivity index (χ2v) is 6.78. The molecule has 0 aromatic carbocycles. The lowest BCUT2D eigenvalue weighted by atomic mass is 10.1. The third-order valence-electron chi connectivity index (χ3n) is 2.55. The van der Waals surface area contributed by atoms with Gasteiger partial charge in [0.2, 0.25) is 5.91 Å². The van der Waals surface area contributed by atoms with Crippen LogP contribution in [0.15, 0.2) is 6.07 Å². The van der Waals surface area contributed by atoms with Crippen molar-refractivity contribution in [1.82, 2.24) is 10.6 Å². The predicted molar refractivity (Wildman–Crippen MR) is 78.7 cm³/mol. The molecule has 0 saturated heterocycles. The average molecular weight is 282 g/mol. The Hall–Kier alpha value is -1.36. The predicted octanol–water partition coefficient (Wildman–Crippen LogP) is 2.26. The molecule has 0 saturated carbocycles. The number of rotatable bonds is 4. The van der Waals surface area contributed by atoms with Gasteiger partial charge in [0.25, 0.3) is 5.91 Å². The monoisotopic (exact) mass is 282 g/mol. The Morgan fingerprint density at radius 1 is 1.32 bits per heavy atom. The smallest absolute Gasteiger partial charge is 0.261 e. The zero-order valence-electron chi connectivity index (χ0n) is 12.2. The lowest BCUT2D eigenvalue weighted by Gasteiger charge is -2.20. The van der Waals surface area contributed by atoms with Crippen LogP contribution in [0.25, 0.3) is 0 Å². The van der Waals surface area contributed by atoms with E-state index in [0.717, 1.165) is 11.3 Å². The number of carbonyl (C=O) groups is 2. The van der Waals surface area contributed by atoms with Gasteiger partial charge in [-0.15, -0.1) is 11.3 Å². The molecule has 0 radical (unpaired) electrons. The quantitative estimate of drug-likeness (QED) is 0.890. The van der Waals surface area contributed by atoms with Crippen molar-refractivity contribution in [2.45, 2.75) is 46.6 Å². The number of carbonyl (C=O) groups excluding carboxylic acids is 2. The largest absolute Gasteiger partial charge is 0.350 e. The topological polar surface area (TPSA) is 58.2 Å². The molecule has 1 aromatic rings. The highest BCUT2D eigenvalue weighted by Gasteiger charge is 2.16. The molecule has 0 spiro atoms. The fraction of sp³-hybridized carbons (Fsp3) is 0.571. The van der Waals surface area contributed by atoms with Gasteiger partial charge in [-0.05, 0) is 45.7 Å². The summed E-state index contributed by atoms with van der Waals surface area (Å²) in [5, 5.41) is 5.45. The molecule has 0 aliphatic rings. The van der Waals surface area contributed by atoms with Gasteiger partial charge in [0.05, 0.1) is 11.4 Å². The molecule has 0 aliphatic carbocycles. The van der Waals surface area contributed by atoms with E-state index < -0.39 is 0 Å². The van der Waals surface area contributed by atoms with Crippen molar-refractivity contribution in [2.75, 3.05) is 6.54 Å². The number of aryl methyl sites for hydroxylation is 2. The molecule has 0 aliphatic heterocycles. The van der Waals surface area contributed by atoms with Gasteiger partial charge in [0.15, 0.2) is 0 Å². The maximum Gasteiger partial charge on any atom is 0.261 e. The van der Waals surface area contributed by atoms with Crippen molar-refractivity contribution in [3.8, 4) is 0 Å². The third-order valence-corrected chi connectivity index (χ3v) is 3.64. The molecule has 1 rings (SSSR count). The van der Waals surface area contributed by atoms with Gasteiger partial charge >= 0.3 is 0 Å². The first-order valence-electron chi connectivity index (χ1n) is 6.41. The zero-order chi connectivity index (χ0) is 14.6. The summed E-state index contributed by atoms with van der Waals surface area (Å²) in [7, 11) is 0. The van der Waals surface area contributed by atoms with Crippen molar-refractivity contribution in [3.63, 3.8) is 0 Å². The fourth-order valence-electron chi connectivity index (χ4n) is 1.69. The molecule has 2 amide bonds. The van der Waals surface area contributed by atoms with Crippen LogP contribution < -0.4 is 10.6 Å². The lowest BCUT2D eigenvalue weighted by Crippen LogP contribution is -2.45. The Labute approximate surface area is 118 Å². The van der Waals surface area contributed by atoms with Gasteiger partial charge in [0.1, 0.15) is 0 Å². The Kier molecular flexibility index (Phi) is 5.11. The van der Waals surface area contributed by atoms with Crippen LogP contribution >= 0.6 is 11.3 Å². The first-order valence-corrected chi connectivity index (χ1v) is 7.23. The van der Waals surface area contributed by atoms with E-state index in [1.807, 2.05) is 33.8 Å². The fourth-order valence-corrected chi connectivity index (χ4v) is 2.72. The molecule has 0 unspecified atom stereocenters. The van der Waals surface area contributed by atoms with E-state index in [4.69, 9.17) is 0 Å². The van der Waals surface area contributed by atoms with E-state index in [9.17, 15) is 9.59 Å². The molecular formula is C14H22N2O2S. The Bertz CT molecular complexity index is 472. The maximum atomic E-state index is 11.9. The number of nitrogens with one attached hydrogen (secondary N) is 2. The van der Waals surface area contributed by atoms with Crippen LogP contribution in [0.2, 0.25) is 0 Å². The summed E-state index contributed by atoms with van der Waals surface area (Å²) in [6.45, 7) is 9.79. The van der Waals surface area contributed by atoms with Crippen LogP contribution in [0.5, 0.6) is 0 Å². The standard InChI is InChI=1S/C14H22N2O2S/c1-6-10-7-11(19-9(10)2)13(18)15-8-12(17)16-14(3,4)5/h7H,6,8H2,1-5H3,(H,15,18)(H,16,17). The normalized spacial score (nSPS) is 11.2. The zero-order valence-corrected chi connectivity index (χ0v) is 13.0. The van der Waals surface area contributed by atoms with Crippen LogP contribution in [-0.2, 0) is 11.2 Å². The van der Waals surface area contributed by atoms with Crippen molar-refractivity contribution in [3.05, 3.63) is 21.4 Å². The van der Waals surface area contributed by atoms with Gasteiger partial charge < -0.3 is 10.6 Å². The molecule has 19 heavy (non-hydrogen) atoms. The van der Waals surface area contributed by atoms with E-state index >= 15 is 0 Å². The second-order valence-electron chi connectivity index (χ2n) is 5.53. The van der Waals surface area contributed by atoms with E-state index in [2.05, 4.69) is 17.6 Å². The Morgan fingerprint density at radius 3 is 2.42 bits per heavy atom. The number of hydrogen-bond donors (Lipinski definition) is 2. The maximum absolute atomic E-state index is 11.9. The van der Waals surface area contributed by atoms with E-state index in [0.29, 0.717) is 4.88 Å². The summed E-state index contributed by atoms with van der Waals surface area (Å²) in [6, 6.07) is 1.90. The van der Waals surface area contributed by atoms with Crippen LogP contribution in [0.3, 0.4) is 0 Å². The highest BCUT2D eigenvalue weighted by molar-refractivity contribution is 7.14. The van der Waals surface area contributed by atoms with Crippen LogP contribution in [0.1, 0.15) is 47.8 Å². The van der Waals surface area contributed by atoms with E-state index in [-0.39, 0.29) is 23.9 Å². The molecule has 4 nitrogen and oxygen atoms in total. The number of amides is 2. The molecular weight excluding hydrogens is 260 g/mol. The molecule has 1 aromatic heterocycles. The minimum Gasteiger partial charge on any atom is -0.350 e. The first-order chi connectivity index (χ1) is 8.73. The van der Waals surface area contributed by atoms with E-state index in [1.54, 1.807) is 0 Å². The minimum atomic E-state index is -0.281. The SMILES string of the molecule is CCc1cc(C(=O)NCC(=O)NC(C)(C)C)sc1C. The Balaban J connectivity index is 2.53. The summed E-state index contributed by atoms with van der Waals surface area (Å²) in [5.41, 5.74) is 0.908. The Morgan fingerprint density at radius 2 is 1.95 bits per heavy atom. The summed E-state index contributed by atoms with van der Waals surface area (Å²) in [6.07, 6.45) is 0.917. The number of thiophene rings is 1. The van der Waals surface area contributed by atoms with Crippen LogP contribution in [-0.4, -0.2) is 23.9 Å². The van der Waals surface area contributed by atoms with Gasteiger partial charge in [-0.2, -0.15) is 0 Å². The summed E-state index contributed by atoms with van der Waals surface area (Å²) >= 11 is 1.47. The lowest BCUT2D eigenvalue weighted by molar-refractivity contribution is -0.121. The highest BCUT2D eigenvalue weighted by atomic mass is 32.1. The van der Waals surface area contributed by atoms with Crippen molar-refractivity contribution in [2.24, 2.45) is 0 Å². The third kappa shape index (κ3) is 5.03. The average Bonchev–Trinajstić information content (AvgIpc) is 2.65. The van der Waals surface area contributed by atoms with Gasteiger partial charge in [-0.3, -0.25) is 9.59 Å². The summed E-state index contributed by atoms with van der Waals surface area (Å²) in [4.78, 5) is 25.3. The summed E-state index contributed by atoms with van der Waals surface area (Å²) < 4.78 is 0. The van der Waals surface area contributed by atoms with Crippen LogP contribution in [0, 0.1) is 6.92 Å². The number of hydrogen-bond acceptors (Lipinski definition) is 3. The molecule has 0 bridgehead atoms. The molecule has 2 N–H and O–H groups in total. The molecule has 0 fully saturated rings. The van der Waals surface area contributed by atoms with Crippen molar-refractivity contribution in [1.29, 1.82) is 0 Å². The van der Waals surface area contributed by atoms with Crippen LogP contribution in [0.4, 0.5) is 0 Å². The molecule has 106 valence electrons. The summed E-state index contributed by atoms with van der Waals surface area (Å²) in [5.74, 6) is -0.360. The van der Waals surface area contributed by atoms with E-state index in [1.165, 1.54) is 16.9 Å². The van der Waals surface area contributed by atoms with Gasteiger partial charge in [-0.25, -0.2) is 0 Å². The highest BCUT2D eigenvalue weighted by Crippen LogP contribution is 2.21. The first kappa shape index (κ1) is 15.7. The van der Waals surface area contributed by atoms with Crippen molar-refractivity contribution < 1.29 is 9.59 Å². The van der Waals surface area contributed by atoms with Crippen molar-refractivity contribution >= 4 is 23.2 Å². The van der Waals surface area contributed by atoms with Gasteiger partial charge in [-0.1, -0.05) is 6.92 Å². The van der Waals surface area contributed by atoms with Gasteiger partial charge in [0, 0.05) is 10.4 Å². The molecule has 0 atom stereocenters. The molecule has 1 heterocycles. The molecule has 5 heteroatoms. The minimum absolute atomic E-state index is 0.00844.